The molecule has 0 aliphatic rings. The molecule has 0 radical (unpaired) electrons. The van der Waals surface area contributed by atoms with E-state index in [9.17, 15) is 4.79 Å². The van der Waals surface area contributed by atoms with Gasteiger partial charge in [0.25, 0.3) is 5.91 Å². The van der Waals surface area contributed by atoms with Gasteiger partial charge in [-0.15, -0.1) is 11.3 Å². The average molecular weight is 287 g/mol. The van der Waals surface area contributed by atoms with Crippen LogP contribution in [0.4, 0.5) is 5.69 Å². The minimum Gasteiger partial charge on any atom is -0.451 e. The van der Waals surface area contributed by atoms with Gasteiger partial charge in [-0.1, -0.05) is 0 Å². The van der Waals surface area contributed by atoms with Crippen LogP contribution in [0, 0.1) is 0 Å². The van der Waals surface area contributed by atoms with Crippen molar-refractivity contribution in [2.45, 2.75) is 6.42 Å². The fourth-order valence-corrected chi connectivity index (χ4v) is 2.54. The van der Waals surface area contributed by atoms with E-state index in [0.717, 1.165) is 16.8 Å². The summed E-state index contributed by atoms with van der Waals surface area (Å²) in [6.07, 6.45) is 2.47. The number of aromatic nitrogens is 1. The number of nitrogens with zero attached hydrogens (tertiary/aromatic N) is 1. The van der Waals surface area contributed by atoms with Crippen molar-refractivity contribution in [3.63, 3.8) is 0 Å². The molecular weight excluding hydrogens is 274 g/mol. The number of hydrogen-bond donors (Lipinski definition) is 2. The summed E-state index contributed by atoms with van der Waals surface area (Å²) in [5, 5.41) is 6.56. The molecule has 6 heteroatoms. The highest BCUT2D eigenvalue weighted by Crippen LogP contribution is 2.21. The number of nitrogens with two attached hydrogens (primary N) is 1. The monoisotopic (exact) mass is 287 g/mol. The minimum absolute atomic E-state index is 0.226. The van der Waals surface area contributed by atoms with E-state index < -0.39 is 0 Å². The zero-order valence-electron chi connectivity index (χ0n) is 10.6. The maximum absolute atomic E-state index is 12.0. The van der Waals surface area contributed by atoms with Gasteiger partial charge in [-0.05, 0) is 24.3 Å². The number of nitrogens with one attached hydrogen (secondary N) is 1. The van der Waals surface area contributed by atoms with Crippen LogP contribution in [0.2, 0.25) is 0 Å². The van der Waals surface area contributed by atoms with Crippen molar-refractivity contribution in [3.8, 4) is 0 Å². The van der Waals surface area contributed by atoms with Crippen LogP contribution in [0.3, 0.4) is 0 Å². The third-order valence-corrected chi connectivity index (χ3v) is 3.71. The number of thiazole rings is 1. The highest BCUT2D eigenvalue weighted by atomic mass is 32.1. The summed E-state index contributed by atoms with van der Waals surface area (Å²) in [5.41, 5.74) is 7.00. The van der Waals surface area contributed by atoms with Gasteiger partial charge in [0.15, 0.2) is 5.76 Å². The minimum atomic E-state index is -0.226. The molecule has 0 unspecified atom stereocenters. The Morgan fingerprint density at radius 1 is 1.40 bits per heavy atom. The molecule has 20 heavy (non-hydrogen) atoms. The van der Waals surface area contributed by atoms with Crippen LogP contribution in [0.15, 0.2) is 40.3 Å². The molecule has 3 N–H and O–H groups in total. The SMILES string of the molecule is Nc1ccc2oc(C(=O)NCCc3nccs3)cc2c1. The second-order valence-corrected chi connectivity index (χ2v) is 5.32. The first-order valence-corrected chi connectivity index (χ1v) is 7.06. The molecule has 0 bridgehead atoms. The molecule has 0 spiro atoms. The van der Waals surface area contributed by atoms with Gasteiger partial charge < -0.3 is 15.5 Å². The normalized spacial score (nSPS) is 10.8. The van der Waals surface area contributed by atoms with E-state index in [1.54, 1.807) is 41.8 Å². The standard InChI is InChI=1S/C14H13N3O2S/c15-10-1-2-11-9(7-10)8-12(19-11)14(18)17-4-3-13-16-5-6-20-13/h1-2,5-8H,3-4,15H2,(H,17,18). The second kappa shape index (κ2) is 5.34. The van der Waals surface area contributed by atoms with Gasteiger partial charge in [0.2, 0.25) is 0 Å². The summed E-state index contributed by atoms with van der Waals surface area (Å²) in [6, 6.07) is 6.99. The van der Waals surface area contributed by atoms with E-state index >= 15 is 0 Å². The van der Waals surface area contributed by atoms with Crippen molar-refractivity contribution >= 4 is 33.9 Å². The summed E-state index contributed by atoms with van der Waals surface area (Å²) in [4.78, 5) is 16.1. The zero-order chi connectivity index (χ0) is 13.9. The van der Waals surface area contributed by atoms with Crippen LogP contribution < -0.4 is 11.1 Å². The molecule has 0 atom stereocenters. The smallest absolute Gasteiger partial charge is 0.287 e. The number of carbonyl (C=O) groups excluding carboxylic acids is 1. The lowest BCUT2D eigenvalue weighted by Gasteiger charge is -2.00. The molecule has 102 valence electrons. The van der Waals surface area contributed by atoms with Crippen LogP contribution >= 0.6 is 11.3 Å². The Hall–Kier alpha value is -2.34. The van der Waals surface area contributed by atoms with Crippen molar-refractivity contribution in [1.29, 1.82) is 0 Å². The molecule has 0 saturated heterocycles. The Bertz CT molecular complexity index is 734. The fraction of sp³-hybridized carbons (Fsp3) is 0.143. The van der Waals surface area contributed by atoms with E-state index in [1.165, 1.54) is 0 Å². The Morgan fingerprint density at radius 3 is 3.10 bits per heavy atom. The van der Waals surface area contributed by atoms with Crippen LogP contribution in [0.5, 0.6) is 0 Å². The highest BCUT2D eigenvalue weighted by Gasteiger charge is 2.12. The van der Waals surface area contributed by atoms with Crippen LogP contribution in [0.25, 0.3) is 11.0 Å². The molecule has 2 aromatic heterocycles. The molecule has 0 saturated carbocycles. The maximum atomic E-state index is 12.0. The Labute approximate surface area is 119 Å². The second-order valence-electron chi connectivity index (χ2n) is 4.34. The number of anilines is 1. The largest absolute Gasteiger partial charge is 0.451 e. The Kier molecular flexibility index (Phi) is 3.39. The summed E-state index contributed by atoms with van der Waals surface area (Å²) in [7, 11) is 0. The van der Waals surface area contributed by atoms with Crippen molar-refractivity contribution in [2.75, 3.05) is 12.3 Å². The van der Waals surface area contributed by atoms with Crippen LogP contribution in [-0.2, 0) is 6.42 Å². The number of benzene rings is 1. The predicted octanol–water partition coefficient (Wildman–Crippen LogP) is 2.44. The summed E-state index contributed by atoms with van der Waals surface area (Å²) < 4.78 is 5.49. The van der Waals surface area contributed by atoms with Crippen molar-refractivity contribution in [2.24, 2.45) is 0 Å². The molecule has 1 aromatic carbocycles. The number of rotatable bonds is 4. The van der Waals surface area contributed by atoms with Crippen molar-refractivity contribution in [1.82, 2.24) is 10.3 Å². The van der Waals surface area contributed by atoms with Crippen LogP contribution in [-0.4, -0.2) is 17.4 Å². The first kappa shape index (κ1) is 12.7. The Morgan fingerprint density at radius 2 is 2.30 bits per heavy atom. The number of fused-ring (bicyclic) bond motifs is 1. The zero-order valence-corrected chi connectivity index (χ0v) is 11.4. The molecule has 3 aromatic rings. The lowest BCUT2D eigenvalue weighted by molar-refractivity contribution is 0.0928. The quantitative estimate of drug-likeness (QED) is 0.722. The van der Waals surface area contributed by atoms with Gasteiger partial charge in [-0.3, -0.25) is 4.79 Å². The van der Waals surface area contributed by atoms with Gasteiger partial charge in [0, 0.05) is 35.6 Å². The van der Waals surface area contributed by atoms with Gasteiger partial charge in [-0.25, -0.2) is 4.98 Å². The number of amides is 1. The van der Waals surface area contributed by atoms with Crippen molar-refractivity contribution < 1.29 is 9.21 Å². The van der Waals surface area contributed by atoms with E-state index in [-0.39, 0.29) is 5.91 Å². The molecule has 1 amide bonds. The molecule has 5 nitrogen and oxygen atoms in total. The van der Waals surface area contributed by atoms with E-state index in [1.807, 2.05) is 5.38 Å². The van der Waals surface area contributed by atoms with Crippen molar-refractivity contribution in [3.05, 3.63) is 46.6 Å². The molecule has 0 aliphatic heterocycles. The van der Waals surface area contributed by atoms with E-state index in [0.29, 0.717) is 23.6 Å². The maximum Gasteiger partial charge on any atom is 0.287 e. The molecule has 0 aliphatic carbocycles. The third kappa shape index (κ3) is 2.65. The third-order valence-electron chi connectivity index (χ3n) is 2.87. The van der Waals surface area contributed by atoms with Gasteiger partial charge in [-0.2, -0.15) is 0 Å². The molecule has 3 rings (SSSR count). The summed E-state index contributed by atoms with van der Waals surface area (Å²) >= 11 is 1.58. The summed E-state index contributed by atoms with van der Waals surface area (Å²) in [5.74, 6) is 0.0704. The average Bonchev–Trinajstić information content (AvgIpc) is 3.06. The number of carbonyl (C=O) groups is 1. The van der Waals surface area contributed by atoms with Gasteiger partial charge in [0.1, 0.15) is 5.58 Å². The number of hydrogen-bond acceptors (Lipinski definition) is 5. The van der Waals surface area contributed by atoms with Crippen LogP contribution in [0.1, 0.15) is 15.6 Å². The van der Waals surface area contributed by atoms with E-state index in [4.69, 9.17) is 10.2 Å². The first-order chi connectivity index (χ1) is 9.72. The fourth-order valence-electron chi connectivity index (χ4n) is 1.92. The topological polar surface area (TPSA) is 81.1 Å². The lowest BCUT2D eigenvalue weighted by atomic mass is 10.2. The van der Waals surface area contributed by atoms with E-state index in [2.05, 4.69) is 10.3 Å². The van der Waals surface area contributed by atoms with Gasteiger partial charge in [0.05, 0.1) is 5.01 Å². The number of nitrogen functional groups attached to an aromatic ring is 1. The highest BCUT2D eigenvalue weighted by molar-refractivity contribution is 7.09. The first-order valence-electron chi connectivity index (χ1n) is 6.18. The number of furan rings is 1. The molecule has 0 fully saturated rings. The Balaban J connectivity index is 1.66. The van der Waals surface area contributed by atoms with Gasteiger partial charge >= 0.3 is 0 Å². The predicted molar refractivity (Wildman–Crippen MR) is 78.8 cm³/mol. The molecular formula is C14H13N3O2S. The summed E-state index contributed by atoms with van der Waals surface area (Å²) in [6.45, 7) is 0.533. The molecule has 2 heterocycles. The lowest BCUT2D eigenvalue weighted by Crippen LogP contribution is -2.25.